The summed E-state index contributed by atoms with van der Waals surface area (Å²) < 4.78 is 1.23. The highest BCUT2D eigenvalue weighted by molar-refractivity contribution is 7.17. The van der Waals surface area contributed by atoms with Gasteiger partial charge in [0.1, 0.15) is 0 Å². The molecule has 0 radical (unpaired) electrons. The number of hydrogen-bond donors (Lipinski definition) is 0. The Morgan fingerprint density at radius 2 is 2.05 bits per heavy atom. The van der Waals surface area contributed by atoms with E-state index in [0.717, 1.165) is 23.8 Å². The molecule has 2 unspecified atom stereocenters. The summed E-state index contributed by atoms with van der Waals surface area (Å²) in [5, 5.41) is 3.21. The van der Waals surface area contributed by atoms with Crippen LogP contribution in [-0.2, 0) is 0 Å². The van der Waals surface area contributed by atoms with Crippen molar-refractivity contribution in [3.05, 3.63) is 35.2 Å². The van der Waals surface area contributed by atoms with Crippen LogP contribution >= 0.6 is 11.3 Å². The lowest BCUT2D eigenvalue weighted by atomic mass is 9.74. The Morgan fingerprint density at radius 1 is 1.26 bits per heavy atom. The van der Waals surface area contributed by atoms with Gasteiger partial charge < -0.3 is 0 Å². The van der Waals surface area contributed by atoms with Crippen molar-refractivity contribution in [2.75, 3.05) is 0 Å². The smallest absolute Gasteiger partial charge is 0.167 e. The summed E-state index contributed by atoms with van der Waals surface area (Å²) in [5.41, 5.74) is 0.964. The quantitative estimate of drug-likeness (QED) is 0.693. The number of rotatable bonds is 3. The molecule has 3 rings (SSSR count). The third-order valence-corrected chi connectivity index (χ3v) is 5.48. The molecule has 0 aliphatic heterocycles. The van der Waals surface area contributed by atoms with Gasteiger partial charge in [0.15, 0.2) is 5.78 Å². The van der Waals surface area contributed by atoms with Gasteiger partial charge in [-0.2, -0.15) is 0 Å². The number of carbonyl (C=O) groups excluding carboxylic acids is 1. The SMILES string of the molecule is CCC1CCCCC1C(=O)c1csc2ccccc12. The van der Waals surface area contributed by atoms with Gasteiger partial charge in [-0.15, -0.1) is 11.3 Å². The second-order valence-corrected chi connectivity index (χ2v) is 6.48. The van der Waals surface area contributed by atoms with Crippen molar-refractivity contribution in [3.8, 4) is 0 Å². The first-order chi connectivity index (χ1) is 9.31. The van der Waals surface area contributed by atoms with E-state index < -0.39 is 0 Å². The number of thiophene rings is 1. The molecule has 2 aromatic rings. The van der Waals surface area contributed by atoms with Gasteiger partial charge in [-0.25, -0.2) is 0 Å². The van der Waals surface area contributed by atoms with Crippen LogP contribution in [0.3, 0.4) is 0 Å². The third kappa shape index (κ3) is 2.34. The van der Waals surface area contributed by atoms with Crippen molar-refractivity contribution >= 4 is 27.2 Å². The number of hydrogen-bond acceptors (Lipinski definition) is 2. The fourth-order valence-corrected chi connectivity index (χ4v) is 4.36. The van der Waals surface area contributed by atoms with Crippen LogP contribution in [0.15, 0.2) is 29.6 Å². The van der Waals surface area contributed by atoms with Gasteiger partial charge in [0.25, 0.3) is 0 Å². The van der Waals surface area contributed by atoms with E-state index in [1.165, 1.54) is 24.0 Å². The van der Waals surface area contributed by atoms with Crippen LogP contribution in [0.25, 0.3) is 10.1 Å². The highest BCUT2D eigenvalue weighted by atomic mass is 32.1. The van der Waals surface area contributed by atoms with E-state index in [0.29, 0.717) is 11.7 Å². The zero-order chi connectivity index (χ0) is 13.2. The van der Waals surface area contributed by atoms with E-state index in [4.69, 9.17) is 0 Å². The van der Waals surface area contributed by atoms with Crippen LogP contribution in [0, 0.1) is 11.8 Å². The van der Waals surface area contributed by atoms with E-state index in [1.807, 2.05) is 12.1 Å². The molecule has 1 nitrogen and oxygen atoms in total. The lowest BCUT2D eigenvalue weighted by molar-refractivity contribution is 0.0822. The Kier molecular flexibility index (Phi) is 3.69. The molecule has 1 saturated carbocycles. The lowest BCUT2D eigenvalue weighted by Gasteiger charge is -2.29. The topological polar surface area (TPSA) is 17.1 Å². The Balaban J connectivity index is 1.94. The molecular weight excluding hydrogens is 252 g/mol. The summed E-state index contributed by atoms with van der Waals surface area (Å²) in [5.74, 6) is 1.25. The predicted octanol–water partition coefficient (Wildman–Crippen LogP) is 5.30. The van der Waals surface area contributed by atoms with Crippen LogP contribution in [0.4, 0.5) is 0 Å². The van der Waals surface area contributed by atoms with E-state index >= 15 is 0 Å². The zero-order valence-electron chi connectivity index (χ0n) is 11.4. The molecule has 1 aromatic heterocycles. The maximum absolute atomic E-state index is 12.9. The first-order valence-electron chi connectivity index (χ1n) is 7.31. The average molecular weight is 272 g/mol. The molecule has 2 heteroatoms. The average Bonchev–Trinajstić information content (AvgIpc) is 2.90. The van der Waals surface area contributed by atoms with Crippen molar-refractivity contribution in [1.82, 2.24) is 0 Å². The molecule has 0 spiro atoms. The van der Waals surface area contributed by atoms with Crippen molar-refractivity contribution in [1.29, 1.82) is 0 Å². The number of ketones is 1. The molecule has 0 bridgehead atoms. The van der Waals surface area contributed by atoms with Crippen LogP contribution < -0.4 is 0 Å². The maximum Gasteiger partial charge on any atom is 0.167 e. The van der Waals surface area contributed by atoms with Crippen LogP contribution in [0.2, 0.25) is 0 Å². The molecule has 1 aliphatic rings. The molecule has 0 amide bonds. The van der Waals surface area contributed by atoms with Gasteiger partial charge in [0.2, 0.25) is 0 Å². The summed E-state index contributed by atoms with van der Waals surface area (Å²) in [6.07, 6.45) is 5.97. The number of fused-ring (bicyclic) bond motifs is 1. The monoisotopic (exact) mass is 272 g/mol. The zero-order valence-corrected chi connectivity index (χ0v) is 12.2. The Hall–Kier alpha value is -1.15. The summed E-state index contributed by atoms with van der Waals surface area (Å²) in [6.45, 7) is 2.22. The Morgan fingerprint density at radius 3 is 2.89 bits per heavy atom. The first kappa shape index (κ1) is 12.9. The summed E-state index contributed by atoms with van der Waals surface area (Å²) in [4.78, 5) is 12.9. The molecular formula is C17H20OS. The molecule has 0 saturated heterocycles. The highest BCUT2D eigenvalue weighted by Crippen LogP contribution is 2.37. The minimum atomic E-state index is 0.261. The van der Waals surface area contributed by atoms with Crippen molar-refractivity contribution in [2.45, 2.75) is 39.0 Å². The van der Waals surface area contributed by atoms with Crippen LogP contribution in [-0.4, -0.2) is 5.78 Å². The van der Waals surface area contributed by atoms with Crippen molar-refractivity contribution in [2.24, 2.45) is 11.8 Å². The molecule has 1 fully saturated rings. The van der Waals surface area contributed by atoms with Gasteiger partial charge in [-0.1, -0.05) is 44.4 Å². The Labute approximate surface area is 118 Å². The van der Waals surface area contributed by atoms with E-state index in [1.54, 1.807) is 11.3 Å². The molecule has 19 heavy (non-hydrogen) atoms. The number of Topliss-reactive ketones (excluding diaryl/α,β-unsaturated/α-hetero) is 1. The normalized spacial score (nSPS) is 23.6. The third-order valence-electron chi connectivity index (χ3n) is 4.52. The molecule has 100 valence electrons. The van der Waals surface area contributed by atoms with E-state index in [9.17, 15) is 4.79 Å². The van der Waals surface area contributed by atoms with Gasteiger partial charge >= 0.3 is 0 Å². The number of benzene rings is 1. The molecule has 2 atom stereocenters. The van der Waals surface area contributed by atoms with Gasteiger partial charge in [-0.3, -0.25) is 4.79 Å². The fourth-order valence-electron chi connectivity index (χ4n) is 3.41. The molecule has 0 N–H and O–H groups in total. The molecule has 1 heterocycles. The second kappa shape index (κ2) is 5.46. The minimum Gasteiger partial charge on any atom is -0.294 e. The molecule has 1 aromatic carbocycles. The number of carbonyl (C=O) groups is 1. The standard InChI is InChI=1S/C17H20OS/c1-2-12-7-3-4-8-13(12)17(18)15-11-19-16-10-6-5-9-14(15)16/h5-6,9-13H,2-4,7-8H2,1H3. The lowest BCUT2D eigenvalue weighted by Crippen LogP contribution is -2.26. The minimum absolute atomic E-state index is 0.261. The summed E-state index contributed by atoms with van der Waals surface area (Å²) in [7, 11) is 0. The van der Waals surface area contributed by atoms with Gasteiger partial charge in [-0.05, 0) is 24.8 Å². The molecule has 1 aliphatic carbocycles. The second-order valence-electron chi connectivity index (χ2n) is 5.57. The van der Waals surface area contributed by atoms with E-state index in [-0.39, 0.29) is 5.92 Å². The maximum atomic E-state index is 12.9. The van der Waals surface area contributed by atoms with Crippen molar-refractivity contribution < 1.29 is 4.79 Å². The summed E-state index contributed by atoms with van der Waals surface area (Å²) in [6, 6.07) is 8.27. The highest BCUT2D eigenvalue weighted by Gasteiger charge is 2.31. The summed E-state index contributed by atoms with van der Waals surface area (Å²) >= 11 is 1.69. The predicted molar refractivity (Wildman–Crippen MR) is 81.9 cm³/mol. The van der Waals surface area contributed by atoms with Gasteiger partial charge in [0, 0.05) is 26.9 Å². The first-order valence-corrected chi connectivity index (χ1v) is 8.19. The largest absolute Gasteiger partial charge is 0.294 e. The van der Waals surface area contributed by atoms with Crippen molar-refractivity contribution in [3.63, 3.8) is 0 Å². The van der Waals surface area contributed by atoms with E-state index in [2.05, 4.69) is 24.4 Å². The van der Waals surface area contributed by atoms with Gasteiger partial charge in [0.05, 0.1) is 0 Å². The van der Waals surface area contributed by atoms with Crippen LogP contribution in [0.1, 0.15) is 49.4 Å². The Bertz CT molecular complexity index is 584. The van der Waals surface area contributed by atoms with Crippen LogP contribution in [0.5, 0.6) is 0 Å². The fraction of sp³-hybridized carbons (Fsp3) is 0.471.